The molecule has 2 heterocycles. The highest BCUT2D eigenvalue weighted by atomic mass is 32.2. The molecule has 0 saturated carbocycles. The minimum absolute atomic E-state index is 0.0439. The van der Waals surface area contributed by atoms with Gasteiger partial charge in [-0.05, 0) is 6.26 Å². The molecular weight excluding hydrogens is 290 g/mol. The van der Waals surface area contributed by atoms with Crippen LogP contribution >= 0.6 is 11.8 Å². The first-order valence-electron chi connectivity index (χ1n) is 6.72. The van der Waals surface area contributed by atoms with E-state index in [4.69, 9.17) is 5.73 Å². The second-order valence-corrected chi connectivity index (χ2v) is 5.80. The largest absolute Gasteiger partial charge is 0.396 e. The average Bonchev–Trinajstić information content (AvgIpc) is 2.88. The zero-order chi connectivity index (χ0) is 15.2. The Bertz CT molecular complexity index is 577. The van der Waals surface area contributed by atoms with Crippen LogP contribution < -0.4 is 11.1 Å². The number of rotatable bonds is 8. The van der Waals surface area contributed by atoms with Gasteiger partial charge in [-0.3, -0.25) is 0 Å². The quantitative estimate of drug-likeness (QED) is 0.464. The number of aliphatic hydroxyl groups is 2. The van der Waals surface area contributed by atoms with Gasteiger partial charge >= 0.3 is 0 Å². The van der Waals surface area contributed by atoms with E-state index in [-0.39, 0.29) is 12.5 Å². The SMILES string of the molecule is CSC[C@H](O)[C@@H](CO)CNCc1c[nH]c2c(N)ncnc12. The number of nitrogens with zero attached hydrogens (tertiary/aromatic N) is 2. The van der Waals surface area contributed by atoms with E-state index < -0.39 is 6.10 Å². The van der Waals surface area contributed by atoms with Crippen LogP contribution in [0.1, 0.15) is 5.56 Å². The highest BCUT2D eigenvalue weighted by Crippen LogP contribution is 2.18. The summed E-state index contributed by atoms with van der Waals surface area (Å²) in [6.45, 7) is 1.07. The van der Waals surface area contributed by atoms with Gasteiger partial charge in [0, 0.05) is 43.1 Å². The number of hydrogen-bond donors (Lipinski definition) is 5. The maximum atomic E-state index is 9.91. The van der Waals surface area contributed by atoms with Gasteiger partial charge < -0.3 is 26.2 Å². The first kappa shape index (κ1) is 16.0. The van der Waals surface area contributed by atoms with E-state index in [1.54, 1.807) is 11.8 Å². The topological polar surface area (TPSA) is 120 Å². The molecule has 6 N–H and O–H groups in total. The third-order valence-electron chi connectivity index (χ3n) is 3.41. The van der Waals surface area contributed by atoms with Crippen molar-refractivity contribution in [3.05, 3.63) is 18.1 Å². The minimum Gasteiger partial charge on any atom is -0.396 e. The highest BCUT2D eigenvalue weighted by molar-refractivity contribution is 7.98. The minimum atomic E-state index is -0.515. The van der Waals surface area contributed by atoms with Crippen LogP contribution in [0, 0.1) is 5.92 Å². The molecule has 21 heavy (non-hydrogen) atoms. The number of nitrogens with two attached hydrogens (primary N) is 1. The molecule has 0 radical (unpaired) electrons. The molecule has 7 nitrogen and oxygen atoms in total. The van der Waals surface area contributed by atoms with E-state index in [1.807, 2.05) is 12.5 Å². The molecule has 0 aromatic carbocycles. The van der Waals surface area contributed by atoms with Crippen LogP contribution in [0.25, 0.3) is 11.0 Å². The Balaban J connectivity index is 1.94. The van der Waals surface area contributed by atoms with Crippen molar-refractivity contribution in [2.24, 2.45) is 5.92 Å². The van der Waals surface area contributed by atoms with Crippen molar-refractivity contribution in [3.63, 3.8) is 0 Å². The lowest BCUT2D eigenvalue weighted by molar-refractivity contribution is 0.0836. The Kier molecular flexibility index (Phi) is 5.80. The van der Waals surface area contributed by atoms with Gasteiger partial charge in [0.1, 0.15) is 11.8 Å². The van der Waals surface area contributed by atoms with Crippen LogP contribution in [0.4, 0.5) is 5.82 Å². The molecule has 0 spiro atoms. The van der Waals surface area contributed by atoms with E-state index in [0.29, 0.717) is 24.7 Å². The first-order chi connectivity index (χ1) is 10.2. The molecule has 0 amide bonds. The number of aliphatic hydroxyl groups excluding tert-OH is 2. The molecule has 2 aromatic heterocycles. The predicted octanol–water partition coefficient (Wildman–Crippen LogP) is -0.0379. The van der Waals surface area contributed by atoms with Gasteiger partial charge in [0.15, 0.2) is 5.82 Å². The molecule has 8 heteroatoms. The molecular formula is C13H21N5O2S. The lowest BCUT2D eigenvalue weighted by Crippen LogP contribution is -2.35. The number of fused-ring (bicyclic) bond motifs is 1. The van der Waals surface area contributed by atoms with Crippen LogP contribution in [0.3, 0.4) is 0 Å². The third-order valence-corrected chi connectivity index (χ3v) is 4.08. The fourth-order valence-corrected chi connectivity index (χ4v) is 2.78. The van der Waals surface area contributed by atoms with Crippen molar-refractivity contribution in [2.45, 2.75) is 12.6 Å². The fourth-order valence-electron chi connectivity index (χ4n) is 2.17. The Morgan fingerprint density at radius 1 is 1.48 bits per heavy atom. The highest BCUT2D eigenvalue weighted by Gasteiger charge is 2.17. The zero-order valence-electron chi connectivity index (χ0n) is 11.9. The van der Waals surface area contributed by atoms with Gasteiger partial charge in [0.2, 0.25) is 0 Å². The molecule has 116 valence electrons. The molecule has 0 aliphatic carbocycles. The smallest absolute Gasteiger partial charge is 0.151 e. The summed E-state index contributed by atoms with van der Waals surface area (Å²) in [5.74, 6) is 0.862. The predicted molar refractivity (Wildman–Crippen MR) is 85.0 cm³/mol. The van der Waals surface area contributed by atoms with Gasteiger partial charge in [-0.25, -0.2) is 9.97 Å². The van der Waals surface area contributed by atoms with Crippen LogP contribution in [-0.4, -0.2) is 56.4 Å². The van der Waals surface area contributed by atoms with Crippen LogP contribution in [0.2, 0.25) is 0 Å². The fraction of sp³-hybridized carbons (Fsp3) is 0.538. The molecule has 0 saturated heterocycles. The number of thioether (sulfide) groups is 1. The summed E-state index contributed by atoms with van der Waals surface area (Å²) >= 11 is 1.56. The summed E-state index contributed by atoms with van der Waals surface area (Å²) in [6, 6.07) is 0. The molecule has 0 bridgehead atoms. The van der Waals surface area contributed by atoms with Crippen molar-refractivity contribution < 1.29 is 10.2 Å². The van der Waals surface area contributed by atoms with Gasteiger partial charge in [0.25, 0.3) is 0 Å². The number of aromatic amines is 1. The number of nitrogens with one attached hydrogen (secondary N) is 2. The summed E-state index contributed by atoms with van der Waals surface area (Å²) in [7, 11) is 0. The van der Waals surface area contributed by atoms with Crippen molar-refractivity contribution in [1.29, 1.82) is 0 Å². The number of aromatic nitrogens is 3. The second kappa shape index (κ2) is 7.60. The Morgan fingerprint density at radius 3 is 3.00 bits per heavy atom. The molecule has 0 aliphatic heterocycles. The van der Waals surface area contributed by atoms with E-state index in [1.165, 1.54) is 6.33 Å². The second-order valence-electron chi connectivity index (χ2n) is 4.89. The Morgan fingerprint density at radius 2 is 2.29 bits per heavy atom. The molecule has 0 fully saturated rings. The summed E-state index contributed by atoms with van der Waals surface area (Å²) < 4.78 is 0. The standard InChI is InChI=1S/C13H21N5O2S/c1-21-6-10(20)9(5-19)3-15-2-8-4-16-12-11(8)17-7-18-13(12)14/h4,7,9-10,15-16,19-20H,2-3,5-6H2,1H3,(H2,14,17,18)/t9-,10+/m1/s1. The molecule has 0 unspecified atom stereocenters. The number of hydrogen-bond acceptors (Lipinski definition) is 7. The summed E-state index contributed by atoms with van der Waals surface area (Å²) in [4.78, 5) is 11.2. The summed E-state index contributed by atoms with van der Waals surface area (Å²) in [5, 5.41) is 22.5. The van der Waals surface area contributed by atoms with Crippen molar-refractivity contribution in [3.8, 4) is 0 Å². The van der Waals surface area contributed by atoms with E-state index in [9.17, 15) is 10.2 Å². The van der Waals surface area contributed by atoms with Crippen LogP contribution in [0.5, 0.6) is 0 Å². The lowest BCUT2D eigenvalue weighted by atomic mass is 10.1. The third kappa shape index (κ3) is 3.85. The van der Waals surface area contributed by atoms with Crippen molar-refractivity contribution >= 4 is 28.6 Å². The first-order valence-corrected chi connectivity index (χ1v) is 8.11. The van der Waals surface area contributed by atoms with Crippen molar-refractivity contribution in [1.82, 2.24) is 20.3 Å². The summed E-state index contributed by atoms with van der Waals surface area (Å²) in [6.07, 6.45) is 4.70. The van der Waals surface area contributed by atoms with Gasteiger partial charge in [-0.1, -0.05) is 0 Å². The number of nitrogen functional groups attached to an aromatic ring is 1. The van der Waals surface area contributed by atoms with E-state index in [2.05, 4.69) is 20.3 Å². The van der Waals surface area contributed by atoms with Gasteiger partial charge in [-0.15, -0.1) is 0 Å². The zero-order valence-corrected chi connectivity index (χ0v) is 12.7. The average molecular weight is 311 g/mol. The van der Waals surface area contributed by atoms with Crippen molar-refractivity contribution in [2.75, 3.05) is 30.9 Å². The normalized spacial score (nSPS) is 14.4. The van der Waals surface area contributed by atoms with Crippen LogP contribution in [-0.2, 0) is 6.54 Å². The Hall–Kier alpha value is -1.35. The molecule has 2 rings (SSSR count). The summed E-state index contributed by atoms with van der Waals surface area (Å²) in [5.41, 5.74) is 8.28. The maximum absolute atomic E-state index is 9.91. The number of H-pyrrole nitrogens is 1. The van der Waals surface area contributed by atoms with Gasteiger partial charge in [-0.2, -0.15) is 11.8 Å². The van der Waals surface area contributed by atoms with Crippen LogP contribution in [0.15, 0.2) is 12.5 Å². The molecule has 2 aromatic rings. The van der Waals surface area contributed by atoms with E-state index >= 15 is 0 Å². The Labute approximate surface area is 127 Å². The van der Waals surface area contributed by atoms with E-state index in [0.717, 1.165) is 16.6 Å². The molecule has 2 atom stereocenters. The number of anilines is 1. The lowest BCUT2D eigenvalue weighted by Gasteiger charge is -2.20. The maximum Gasteiger partial charge on any atom is 0.151 e. The van der Waals surface area contributed by atoms with Gasteiger partial charge in [0.05, 0.1) is 11.6 Å². The molecule has 0 aliphatic rings. The monoisotopic (exact) mass is 311 g/mol.